The summed E-state index contributed by atoms with van der Waals surface area (Å²) in [4.78, 5) is 18.4. The van der Waals surface area contributed by atoms with Crippen molar-refractivity contribution in [2.45, 2.75) is 33.6 Å². The summed E-state index contributed by atoms with van der Waals surface area (Å²) in [5.74, 6) is 0.714. The Kier molecular flexibility index (Phi) is 6.24. The van der Waals surface area contributed by atoms with Crippen molar-refractivity contribution in [1.82, 2.24) is 4.98 Å². The van der Waals surface area contributed by atoms with Crippen LogP contribution in [0.3, 0.4) is 0 Å². The van der Waals surface area contributed by atoms with Gasteiger partial charge in [0.1, 0.15) is 5.75 Å². The van der Waals surface area contributed by atoms with Crippen LogP contribution >= 0.6 is 11.3 Å². The van der Waals surface area contributed by atoms with E-state index in [0.29, 0.717) is 17.3 Å². The van der Waals surface area contributed by atoms with Crippen molar-refractivity contribution in [2.75, 3.05) is 11.9 Å². The lowest BCUT2D eigenvalue weighted by Gasteiger charge is -2.05. The largest absolute Gasteiger partial charge is 0.494 e. The Morgan fingerprint density at radius 2 is 1.78 bits per heavy atom. The van der Waals surface area contributed by atoms with E-state index in [9.17, 15) is 4.79 Å². The van der Waals surface area contributed by atoms with Gasteiger partial charge in [-0.3, -0.25) is 10.1 Å². The minimum absolute atomic E-state index is 0.134. The van der Waals surface area contributed by atoms with Crippen LogP contribution in [-0.4, -0.2) is 17.5 Å². The Morgan fingerprint density at radius 1 is 1.07 bits per heavy atom. The molecule has 3 rings (SSSR count). The maximum Gasteiger partial charge on any atom is 0.257 e. The standard InChI is InChI=1S/C22H24N2O2S/c1-4-6-19-20(16-11-13-18(14-12-16)26-5-2)23-22(27-19)24-21(25)17-9-7-15(3)8-10-17/h7-14H,4-6H2,1-3H3,(H,23,24,25). The highest BCUT2D eigenvalue weighted by molar-refractivity contribution is 7.16. The minimum atomic E-state index is -0.134. The number of aromatic nitrogens is 1. The smallest absolute Gasteiger partial charge is 0.257 e. The van der Waals surface area contributed by atoms with Crippen molar-refractivity contribution in [1.29, 1.82) is 0 Å². The van der Waals surface area contributed by atoms with Crippen molar-refractivity contribution >= 4 is 22.4 Å². The fourth-order valence-corrected chi connectivity index (χ4v) is 3.86. The molecule has 3 aromatic rings. The van der Waals surface area contributed by atoms with Crippen molar-refractivity contribution in [3.8, 4) is 17.0 Å². The molecule has 0 aliphatic carbocycles. The summed E-state index contributed by atoms with van der Waals surface area (Å²) in [6, 6.07) is 15.5. The third kappa shape index (κ3) is 4.74. The summed E-state index contributed by atoms with van der Waals surface area (Å²) < 4.78 is 5.51. The Bertz CT molecular complexity index is 899. The van der Waals surface area contributed by atoms with Crippen molar-refractivity contribution in [3.05, 3.63) is 64.5 Å². The number of hydrogen-bond acceptors (Lipinski definition) is 4. The number of benzene rings is 2. The van der Waals surface area contributed by atoms with Gasteiger partial charge in [0.05, 0.1) is 12.3 Å². The van der Waals surface area contributed by atoms with Gasteiger partial charge in [0, 0.05) is 16.0 Å². The first kappa shape index (κ1) is 19.1. The Hall–Kier alpha value is -2.66. The SMILES string of the molecule is CCCc1sc(NC(=O)c2ccc(C)cc2)nc1-c1ccc(OCC)cc1. The molecule has 4 nitrogen and oxygen atoms in total. The molecular formula is C22H24N2O2S. The normalized spacial score (nSPS) is 10.6. The average Bonchev–Trinajstić information content (AvgIpc) is 3.06. The molecule has 0 unspecified atom stereocenters. The first-order valence-corrected chi connectivity index (χ1v) is 10.0. The third-order valence-corrected chi connectivity index (χ3v) is 5.18. The maximum atomic E-state index is 12.5. The van der Waals surface area contributed by atoms with E-state index in [-0.39, 0.29) is 5.91 Å². The molecule has 0 atom stereocenters. The molecule has 0 bridgehead atoms. The molecule has 27 heavy (non-hydrogen) atoms. The summed E-state index contributed by atoms with van der Waals surface area (Å²) in [7, 11) is 0. The topological polar surface area (TPSA) is 51.2 Å². The van der Waals surface area contributed by atoms with E-state index in [2.05, 4.69) is 12.2 Å². The number of anilines is 1. The summed E-state index contributed by atoms with van der Waals surface area (Å²) in [5, 5.41) is 3.57. The van der Waals surface area contributed by atoms with Crippen LogP contribution in [-0.2, 0) is 6.42 Å². The zero-order chi connectivity index (χ0) is 19.2. The van der Waals surface area contributed by atoms with Gasteiger partial charge in [-0.25, -0.2) is 4.98 Å². The predicted molar refractivity (Wildman–Crippen MR) is 112 cm³/mol. The van der Waals surface area contributed by atoms with Crippen molar-refractivity contribution < 1.29 is 9.53 Å². The average molecular weight is 381 g/mol. The first-order valence-electron chi connectivity index (χ1n) is 9.21. The molecule has 0 aliphatic rings. The Balaban J connectivity index is 1.84. The maximum absolute atomic E-state index is 12.5. The number of rotatable bonds is 7. The van der Waals surface area contributed by atoms with Gasteiger partial charge in [0.25, 0.3) is 5.91 Å². The van der Waals surface area contributed by atoms with E-state index >= 15 is 0 Å². The summed E-state index contributed by atoms with van der Waals surface area (Å²) in [6.45, 7) is 6.76. The van der Waals surface area contributed by atoms with E-state index in [4.69, 9.17) is 9.72 Å². The first-order chi connectivity index (χ1) is 13.1. The molecule has 140 valence electrons. The second-order valence-corrected chi connectivity index (χ2v) is 7.40. The lowest BCUT2D eigenvalue weighted by Crippen LogP contribution is -2.11. The van der Waals surface area contributed by atoms with Gasteiger partial charge in [0.15, 0.2) is 5.13 Å². The van der Waals surface area contributed by atoms with Crippen LogP contribution in [0, 0.1) is 6.92 Å². The fourth-order valence-electron chi connectivity index (χ4n) is 2.78. The monoisotopic (exact) mass is 380 g/mol. The molecule has 1 N–H and O–H groups in total. The quantitative estimate of drug-likeness (QED) is 0.570. The van der Waals surface area contributed by atoms with Crippen LogP contribution < -0.4 is 10.1 Å². The van der Waals surface area contributed by atoms with Crippen LogP contribution in [0.25, 0.3) is 11.3 Å². The number of nitrogens with zero attached hydrogens (tertiary/aromatic N) is 1. The van der Waals surface area contributed by atoms with E-state index in [1.807, 2.05) is 62.4 Å². The molecular weight excluding hydrogens is 356 g/mol. The summed E-state index contributed by atoms with van der Waals surface area (Å²) in [5.41, 5.74) is 3.73. The zero-order valence-electron chi connectivity index (χ0n) is 15.9. The van der Waals surface area contributed by atoms with Gasteiger partial charge < -0.3 is 4.74 Å². The van der Waals surface area contributed by atoms with E-state index in [0.717, 1.165) is 35.4 Å². The van der Waals surface area contributed by atoms with Gasteiger partial charge in [-0.2, -0.15) is 0 Å². The molecule has 0 radical (unpaired) electrons. The number of hydrogen-bond donors (Lipinski definition) is 1. The minimum Gasteiger partial charge on any atom is -0.494 e. The molecule has 2 aromatic carbocycles. The van der Waals surface area contributed by atoms with Crippen LogP contribution in [0.4, 0.5) is 5.13 Å². The fraction of sp³-hybridized carbons (Fsp3) is 0.273. The molecule has 0 aliphatic heterocycles. The van der Waals surface area contributed by atoms with Crippen molar-refractivity contribution in [2.24, 2.45) is 0 Å². The van der Waals surface area contributed by atoms with Gasteiger partial charge in [-0.15, -0.1) is 11.3 Å². The van der Waals surface area contributed by atoms with Crippen LogP contribution in [0.2, 0.25) is 0 Å². The predicted octanol–water partition coefficient (Wildman–Crippen LogP) is 5.72. The molecule has 0 fully saturated rings. The van der Waals surface area contributed by atoms with Crippen molar-refractivity contribution in [3.63, 3.8) is 0 Å². The van der Waals surface area contributed by atoms with E-state index in [1.54, 1.807) is 11.3 Å². The highest BCUT2D eigenvalue weighted by atomic mass is 32.1. The Labute approximate surface area is 164 Å². The lowest BCUT2D eigenvalue weighted by molar-refractivity contribution is 0.102. The number of carbonyl (C=O) groups excluding carboxylic acids is 1. The highest BCUT2D eigenvalue weighted by Gasteiger charge is 2.15. The second kappa shape index (κ2) is 8.82. The number of nitrogens with one attached hydrogen (secondary N) is 1. The van der Waals surface area contributed by atoms with Gasteiger partial charge in [0.2, 0.25) is 0 Å². The lowest BCUT2D eigenvalue weighted by atomic mass is 10.1. The number of thiazole rings is 1. The Morgan fingerprint density at radius 3 is 2.41 bits per heavy atom. The summed E-state index contributed by atoms with van der Waals surface area (Å²) >= 11 is 1.55. The molecule has 1 amide bonds. The molecule has 0 saturated heterocycles. The number of ether oxygens (including phenoxy) is 1. The summed E-state index contributed by atoms with van der Waals surface area (Å²) in [6.07, 6.45) is 1.96. The molecule has 5 heteroatoms. The van der Waals surface area contributed by atoms with E-state index < -0.39 is 0 Å². The number of amides is 1. The van der Waals surface area contributed by atoms with Gasteiger partial charge >= 0.3 is 0 Å². The number of aryl methyl sites for hydroxylation is 2. The van der Waals surface area contributed by atoms with Crippen LogP contribution in [0.15, 0.2) is 48.5 Å². The molecule has 1 aromatic heterocycles. The molecule has 0 spiro atoms. The van der Waals surface area contributed by atoms with Gasteiger partial charge in [-0.1, -0.05) is 31.0 Å². The second-order valence-electron chi connectivity index (χ2n) is 6.32. The molecule has 0 saturated carbocycles. The molecule has 1 heterocycles. The third-order valence-electron chi connectivity index (χ3n) is 4.15. The van der Waals surface area contributed by atoms with Crippen LogP contribution in [0.5, 0.6) is 5.75 Å². The van der Waals surface area contributed by atoms with E-state index in [1.165, 1.54) is 4.88 Å². The zero-order valence-corrected chi connectivity index (χ0v) is 16.7. The highest BCUT2D eigenvalue weighted by Crippen LogP contribution is 2.33. The van der Waals surface area contributed by atoms with Gasteiger partial charge in [-0.05, 0) is 56.7 Å². The number of carbonyl (C=O) groups is 1. The van der Waals surface area contributed by atoms with Crippen LogP contribution in [0.1, 0.15) is 41.1 Å².